The zero-order chi connectivity index (χ0) is 16.2. The number of amides is 1. The number of carbonyl (C=O) groups excluding carboxylic acids is 1. The van der Waals surface area contributed by atoms with Crippen LogP contribution in [0.3, 0.4) is 0 Å². The Morgan fingerprint density at radius 2 is 2.09 bits per heavy atom. The number of phenolic OH excluding ortho intramolecular Hbond substituents is 1. The van der Waals surface area contributed by atoms with Crippen molar-refractivity contribution in [3.8, 4) is 5.75 Å². The van der Waals surface area contributed by atoms with Gasteiger partial charge in [-0.1, -0.05) is 13.0 Å². The number of hydrogen-bond acceptors (Lipinski definition) is 5. The van der Waals surface area contributed by atoms with Gasteiger partial charge in [0.1, 0.15) is 5.75 Å². The van der Waals surface area contributed by atoms with Gasteiger partial charge in [-0.3, -0.25) is 4.79 Å². The summed E-state index contributed by atoms with van der Waals surface area (Å²) in [6, 6.07) is 7.76. The molecule has 7 heteroatoms. The van der Waals surface area contributed by atoms with Gasteiger partial charge in [-0.2, -0.15) is 0 Å². The number of nitrogens with one attached hydrogen (secondary N) is 1. The highest BCUT2D eigenvalue weighted by molar-refractivity contribution is 7.91. The third-order valence-corrected chi connectivity index (χ3v) is 5.83. The minimum atomic E-state index is -3.38. The molecule has 0 atom stereocenters. The van der Waals surface area contributed by atoms with Crippen LogP contribution in [0.5, 0.6) is 5.75 Å². The van der Waals surface area contributed by atoms with E-state index in [-0.39, 0.29) is 34.4 Å². The van der Waals surface area contributed by atoms with Gasteiger partial charge in [-0.25, -0.2) is 8.42 Å². The lowest BCUT2D eigenvalue weighted by Gasteiger charge is -2.09. The Morgan fingerprint density at radius 3 is 2.73 bits per heavy atom. The van der Waals surface area contributed by atoms with Gasteiger partial charge >= 0.3 is 0 Å². The maximum Gasteiger partial charge on any atom is 0.224 e. The normalized spacial score (nSPS) is 11.3. The number of rotatable bonds is 6. The lowest BCUT2D eigenvalue weighted by molar-refractivity contribution is -0.116. The molecule has 2 rings (SSSR count). The number of hydrogen-bond donors (Lipinski definition) is 2. The predicted molar refractivity (Wildman–Crippen MR) is 87.1 cm³/mol. The molecule has 0 unspecified atom stereocenters. The van der Waals surface area contributed by atoms with Crippen LogP contribution in [0.2, 0.25) is 0 Å². The Hall–Kier alpha value is -1.86. The minimum absolute atomic E-state index is 0.0382. The Kier molecular flexibility index (Phi) is 5.20. The number of benzene rings is 1. The molecule has 2 N–H and O–H groups in total. The monoisotopic (exact) mass is 339 g/mol. The number of aryl methyl sites for hydroxylation is 1. The van der Waals surface area contributed by atoms with E-state index in [0.29, 0.717) is 6.42 Å². The summed E-state index contributed by atoms with van der Waals surface area (Å²) in [5, 5.41) is 14.3. The van der Waals surface area contributed by atoms with E-state index in [1.165, 1.54) is 18.2 Å². The van der Waals surface area contributed by atoms with E-state index in [9.17, 15) is 18.3 Å². The van der Waals surface area contributed by atoms with Gasteiger partial charge in [0.2, 0.25) is 5.91 Å². The number of carbonyl (C=O) groups is 1. The third kappa shape index (κ3) is 4.08. The van der Waals surface area contributed by atoms with Crippen molar-refractivity contribution >= 4 is 32.8 Å². The number of thiophene rings is 1. The summed E-state index contributed by atoms with van der Waals surface area (Å²) in [6.07, 6.45) is 0.877. The van der Waals surface area contributed by atoms with Crippen molar-refractivity contribution in [2.45, 2.75) is 24.7 Å². The number of phenols is 1. The molecule has 0 fully saturated rings. The largest absolute Gasteiger partial charge is 0.506 e. The maximum absolute atomic E-state index is 11.9. The first kappa shape index (κ1) is 16.5. The van der Waals surface area contributed by atoms with Crippen LogP contribution in [0, 0.1) is 0 Å². The summed E-state index contributed by atoms with van der Waals surface area (Å²) in [4.78, 5) is 13.1. The summed E-state index contributed by atoms with van der Waals surface area (Å²) in [5.74, 6) is -0.460. The average Bonchev–Trinajstić information content (AvgIpc) is 3.00. The number of anilines is 1. The first-order valence-corrected chi connectivity index (χ1v) is 9.33. The molecule has 0 spiro atoms. The Balaban J connectivity index is 2.08. The Labute approximate surface area is 133 Å². The molecule has 22 heavy (non-hydrogen) atoms. The van der Waals surface area contributed by atoms with Crippen molar-refractivity contribution in [2.75, 3.05) is 11.1 Å². The highest BCUT2D eigenvalue weighted by Crippen LogP contribution is 2.27. The van der Waals surface area contributed by atoms with E-state index in [0.717, 1.165) is 4.88 Å². The van der Waals surface area contributed by atoms with E-state index < -0.39 is 9.84 Å². The standard InChI is InChI=1S/C15H17NO4S2/c1-2-22(19,20)12-6-7-14(17)13(10-12)16-15(18)8-5-11-4-3-9-21-11/h3-4,6-7,9-10,17H,2,5,8H2,1H3,(H,16,18). The first-order valence-electron chi connectivity index (χ1n) is 6.80. The van der Waals surface area contributed by atoms with Gasteiger partial charge in [-0.05, 0) is 36.1 Å². The van der Waals surface area contributed by atoms with E-state index >= 15 is 0 Å². The smallest absolute Gasteiger partial charge is 0.224 e. The van der Waals surface area contributed by atoms with Gasteiger partial charge in [0.25, 0.3) is 0 Å². The second kappa shape index (κ2) is 6.93. The van der Waals surface area contributed by atoms with Crippen LogP contribution in [0.4, 0.5) is 5.69 Å². The van der Waals surface area contributed by atoms with Crippen LogP contribution in [0.1, 0.15) is 18.2 Å². The van der Waals surface area contributed by atoms with E-state index in [2.05, 4.69) is 5.32 Å². The highest BCUT2D eigenvalue weighted by atomic mass is 32.2. The highest BCUT2D eigenvalue weighted by Gasteiger charge is 2.15. The van der Waals surface area contributed by atoms with Crippen molar-refractivity contribution in [3.05, 3.63) is 40.6 Å². The molecule has 0 aliphatic heterocycles. The van der Waals surface area contributed by atoms with Crippen molar-refractivity contribution < 1.29 is 18.3 Å². The summed E-state index contributed by atoms with van der Waals surface area (Å²) < 4.78 is 23.7. The topological polar surface area (TPSA) is 83.5 Å². The molecule has 5 nitrogen and oxygen atoms in total. The fraction of sp³-hybridized carbons (Fsp3) is 0.267. The van der Waals surface area contributed by atoms with Crippen molar-refractivity contribution in [1.29, 1.82) is 0 Å². The molecule has 0 radical (unpaired) electrons. The molecule has 0 saturated carbocycles. The van der Waals surface area contributed by atoms with E-state index in [1.54, 1.807) is 18.3 Å². The number of aromatic hydroxyl groups is 1. The molecule has 1 amide bonds. The molecule has 0 saturated heterocycles. The molecule has 0 aliphatic rings. The van der Waals surface area contributed by atoms with Crippen molar-refractivity contribution in [3.63, 3.8) is 0 Å². The van der Waals surface area contributed by atoms with Crippen LogP contribution in [0.15, 0.2) is 40.6 Å². The van der Waals surface area contributed by atoms with Crippen LogP contribution in [0.25, 0.3) is 0 Å². The molecule has 2 aromatic rings. The lowest BCUT2D eigenvalue weighted by atomic mass is 10.2. The Bertz CT molecular complexity index is 752. The minimum Gasteiger partial charge on any atom is -0.506 e. The maximum atomic E-state index is 11.9. The van der Waals surface area contributed by atoms with Gasteiger partial charge in [0.15, 0.2) is 9.84 Å². The zero-order valence-corrected chi connectivity index (χ0v) is 13.7. The second-order valence-electron chi connectivity index (χ2n) is 4.71. The summed E-state index contributed by atoms with van der Waals surface area (Å²) in [6.45, 7) is 1.54. The fourth-order valence-corrected chi connectivity index (χ4v) is 3.49. The van der Waals surface area contributed by atoms with E-state index in [4.69, 9.17) is 0 Å². The molecule has 0 bridgehead atoms. The lowest BCUT2D eigenvalue weighted by Crippen LogP contribution is -2.13. The summed E-state index contributed by atoms with van der Waals surface area (Å²) in [7, 11) is -3.38. The zero-order valence-electron chi connectivity index (χ0n) is 12.1. The molecule has 0 aliphatic carbocycles. The van der Waals surface area contributed by atoms with Crippen molar-refractivity contribution in [1.82, 2.24) is 0 Å². The van der Waals surface area contributed by atoms with E-state index in [1.807, 2.05) is 17.5 Å². The third-order valence-electron chi connectivity index (χ3n) is 3.16. The summed E-state index contributed by atoms with van der Waals surface area (Å²) in [5.41, 5.74) is 0.116. The molecule has 118 valence electrons. The van der Waals surface area contributed by atoms with Gasteiger partial charge in [0, 0.05) is 11.3 Å². The van der Waals surface area contributed by atoms with Gasteiger partial charge in [-0.15, -0.1) is 11.3 Å². The quantitative estimate of drug-likeness (QED) is 0.793. The number of sulfone groups is 1. The van der Waals surface area contributed by atoms with Gasteiger partial charge < -0.3 is 10.4 Å². The Morgan fingerprint density at radius 1 is 1.32 bits per heavy atom. The van der Waals surface area contributed by atoms with Crippen LogP contribution in [-0.2, 0) is 21.1 Å². The SMILES string of the molecule is CCS(=O)(=O)c1ccc(O)c(NC(=O)CCc2cccs2)c1. The van der Waals surface area contributed by atoms with Crippen LogP contribution >= 0.6 is 11.3 Å². The molecular formula is C15H17NO4S2. The average molecular weight is 339 g/mol. The summed E-state index contributed by atoms with van der Waals surface area (Å²) >= 11 is 1.57. The second-order valence-corrected chi connectivity index (χ2v) is 8.02. The van der Waals surface area contributed by atoms with Gasteiger partial charge in [0.05, 0.1) is 16.3 Å². The molecule has 1 aromatic heterocycles. The molecular weight excluding hydrogens is 322 g/mol. The van der Waals surface area contributed by atoms with Crippen LogP contribution in [-0.4, -0.2) is 25.2 Å². The first-order chi connectivity index (χ1) is 10.4. The predicted octanol–water partition coefficient (Wildman–Crippen LogP) is 2.82. The van der Waals surface area contributed by atoms with Crippen LogP contribution < -0.4 is 5.32 Å². The van der Waals surface area contributed by atoms with Crippen molar-refractivity contribution in [2.24, 2.45) is 0 Å². The molecule has 1 heterocycles. The fourth-order valence-electron chi connectivity index (χ4n) is 1.88. The molecule has 1 aromatic carbocycles.